The molecule has 0 bridgehead atoms. The molecule has 0 radical (unpaired) electrons. The summed E-state index contributed by atoms with van der Waals surface area (Å²) >= 11 is 11.6. The van der Waals surface area contributed by atoms with Crippen LogP contribution >= 0.6 is 23.2 Å². The van der Waals surface area contributed by atoms with Crippen LogP contribution in [0, 0.1) is 6.92 Å². The molecule has 0 spiro atoms. The molecule has 0 unspecified atom stereocenters. The topological polar surface area (TPSA) is 69.4 Å². The van der Waals surface area contributed by atoms with Gasteiger partial charge in [0.05, 0.1) is 23.0 Å². The van der Waals surface area contributed by atoms with Gasteiger partial charge in [-0.15, -0.1) is 0 Å². The summed E-state index contributed by atoms with van der Waals surface area (Å²) in [4.78, 5) is 20.2. The van der Waals surface area contributed by atoms with Crippen molar-refractivity contribution in [1.82, 2.24) is 14.8 Å². The maximum Gasteiger partial charge on any atom is 0.367 e. The molecule has 104 valence electrons. The van der Waals surface area contributed by atoms with Crippen molar-refractivity contribution in [3.63, 3.8) is 0 Å². The molecule has 0 aliphatic heterocycles. The summed E-state index contributed by atoms with van der Waals surface area (Å²) in [6.45, 7) is 1.78. The van der Waals surface area contributed by atoms with E-state index in [1.807, 2.05) is 0 Å². The number of carbonyl (C=O) groups excluding carboxylic acids is 1. The van der Waals surface area contributed by atoms with Crippen LogP contribution < -0.4 is 0 Å². The molecule has 2 rings (SSSR count). The van der Waals surface area contributed by atoms with Crippen LogP contribution in [0.25, 0.3) is 0 Å². The van der Waals surface area contributed by atoms with E-state index in [0.29, 0.717) is 21.6 Å². The molecule has 2 heterocycles. The normalized spacial score (nSPS) is 11.0. The smallest absolute Gasteiger partial charge is 0.313 e. The van der Waals surface area contributed by atoms with Crippen molar-refractivity contribution in [2.45, 2.75) is 6.92 Å². The van der Waals surface area contributed by atoms with Crippen molar-refractivity contribution in [2.75, 3.05) is 0 Å². The zero-order valence-corrected chi connectivity index (χ0v) is 12.2. The van der Waals surface area contributed by atoms with E-state index in [9.17, 15) is 4.79 Å². The highest BCUT2D eigenvalue weighted by atomic mass is 35.5. The number of hydrogen-bond donors (Lipinski definition) is 0. The standard InChI is InChI=1S/C12H10Cl2N4O2/c1-7-9(11(14)18(2)17-7)6-16-20-12(19)8-3-4-10(13)15-5-8/h3-6H,1-2H3. The lowest BCUT2D eigenvalue weighted by Gasteiger charge is -1.97. The highest BCUT2D eigenvalue weighted by Gasteiger charge is 2.10. The van der Waals surface area contributed by atoms with E-state index in [-0.39, 0.29) is 5.56 Å². The fourth-order valence-electron chi connectivity index (χ4n) is 1.47. The molecule has 20 heavy (non-hydrogen) atoms. The number of aromatic nitrogens is 3. The zero-order chi connectivity index (χ0) is 14.7. The molecule has 0 N–H and O–H groups in total. The molecule has 2 aromatic rings. The Morgan fingerprint density at radius 3 is 2.75 bits per heavy atom. The van der Waals surface area contributed by atoms with Gasteiger partial charge < -0.3 is 4.84 Å². The van der Waals surface area contributed by atoms with E-state index in [0.717, 1.165) is 0 Å². The maximum absolute atomic E-state index is 11.6. The molecule has 2 aromatic heterocycles. The number of nitrogens with zero attached hydrogens (tertiary/aromatic N) is 4. The van der Waals surface area contributed by atoms with Crippen LogP contribution in [0.3, 0.4) is 0 Å². The number of halogens is 2. The monoisotopic (exact) mass is 312 g/mol. The van der Waals surface area contributed by atoms with Gasteiger partial charge in [0.25, 0.3) is 0 Å². The van der Waals surface area contributed by atoms with Crippen LogP contribution in [-0.2, 0) is 11.9 Å². The fourth-order valence-corrected chi connectivity index (χ4v) is 1.80. The van der Waals surface area contributed by atoms with Gasteiger partial charge in [-0.1, -0.05) is 28.4 Å². The van der Waals surface area contributed by atoms with Crippen molar-refractivity contribution in [3.05, 3.63) is 45.5 Å². The summed E-state index contributed by atoms with van der Waals surface area (Å²) in [6, 6.07) is 2.99. The second-order valence-electron chi connectivity index (χ2n) is 3.90. The summed E-state index contributed by atoms with van der Waals surface area (Å²) in [7, 11) is 1.71. The first kappa shape index (κ1) is 14.5. The van der Waals surface area contributed by atoms with Crippen LogP contribution in [0.15, 0.2) is 23.5 Å². The van der Waals surface area contributed by atoms with Crippen molar-refractivity contribution in [3.8, 4) is 0 Å². The summed E-state index contributed by atoms with van der Waals surface area (Å²) in [6.07, 6.45) is 2.65. The molecule has 8 heteroatoms. The van der Waals surface area contributed by atoms with Gasteiger partial charge in [-0.2, -0.15) is 5.10 Å². The molecule has 6 nitrogen and oxygen atoms in total. The highest BCUT2D eigenvalue weighted by Crippen LogP contribution is 2.16. The van der Waals surface area contributed by atoms with Gasteiger partial charge in [0.2, 0.25) is 0 Å². The first-order chi connectivity index (χ1) is 9.49. The SMILES string of the molecule is Cc1nn(C)c(Cl)c1C=NOC(=O)c1ccc(Cl)nc1. The van der Waals surface area contributed by atoms with E-state index in [2.05, 4.69) is 15.2 Å². The lowest BCUT2D eigenvalue weighted by molar-refractivity contribution is 0.0518. The molecular formula is C12H10Cl2N4O2. The Bertz CT molecular complexity index is 665. The molecule has 0 atom stereocenters. The summed E-state index contributed by atoms with van der Waals surface area (Å²) in [5.41, 5.74) is 1.53. The van der Waals surface area contributed by atoms with E-state index in [1.54, 1.807) is 14.0 Å². The lowest BCUT2D eigenvalue weighted by Crippen LogP contribution is -2.01. The Labute approximate surface area is 125 Å². The zero-order valence-electron chi connectivity index (χ0n) is 10.7. The highest BCUT2D eigenvalue weighted by molar-refractivity contribution is 6.32. The molecule has 0 aliphatic carbocycles. The summed E-state index contributed by atoms with van der Waals surface area (Å²) in [5.74, 6) is -0.636. The third kappa shape index (κ3) is 3.15. The van der Waals surface area contributed by atoms with Crippen LogP contribution in [0.2, 0.25) is 10.3 Å². The van der Waals surface area contributed by atoms with Crippen molar-refractivity contribution in [1.29, 1.82) is 0 Å². The van der Waals surface area contributed by atoms with Gasteiger partial charge in [-0.3, -0.25) is 4.68 Å². The summed E-state index contributed by atoms with van der Waals surface area (Å²) in [5, 5.41) is 8.41. The second kappa shape index (κ2) is 6.02. The van der Waals surface area contributed by atoms with Gasteiger partial charge in [-0.05, 0) is 19.1 Å². The van der Waals surface area contributed by atoms with Gasteiger partial charge in [0, 0.05) is 13.2 Å². The maximum atomic E-state index is 11.6. The van der Waals surface area contributed by atoms with E-state index in [4.69, 9.17) is 28.0 Å². The van der Waals surface area contributed by atoms with E-state index < -0.39 is 5.97 Å². The average molecular weight is 313 g/mol. The quantitative estimate of drug-likeness (QED) is 0.378. The number of pyridine rings is 1. The predicted molar refractivity (Wildman–Crippen MR) is 75.2 cm³/mol. The van der Waals surface area contributed by atoms with Crippen LogP contribution in [-0.4, -0.2) is 26.9 Å². The fraction of sp³-hybridized carbons (Fsp3) is 0.167. The van der Waals surface area contributed by atoms with Gasteiger partial charge in [0.15, 0.2) is 0 Å². The van der Waals surface area contributed by atoms with Crippen molar-refractivity contribution < 1.29 is 9.63 Å². The molecule has 0 aromatic carbocycles. The largest absolute Gasteiger partial charge is 0.367 e. The van der Waals surface area contributed by atoms with Crippen LogP contribution in [0.4, 0.5) is 0 Å². The Morgan fingerprint density at radius 1 is 1.45 bits per heavy atom. The first-order valence-corrected chi connectivity index (χ1v) is 6.30. The first-order valence-electron chi connectivity index (χ1n) is 5.54. The minimum Gasteiger partial charge on any atom is -0.313 e. The van der Waals surface area contributed by atoms with Gasteiger partial charge in [-0.25, -0.2) is 9.78 Å². The molecule has 0 amide bonds. The Morgan fingerprint density at radius 2 is 2.20 bits per heavy atom. The minimum absolute atomic E-state index is 0.251. The van der Waals surface area contributed by atoms with E-state index >= 15 is 0 Å². The number of carbonyl (C=O) groups is 1. The Balaban J connectivity index is 2.06. The average Bonchev–Trinajstić information content (AvgIpc) is 2.65. The van der Waals surface area contributed by atoms with Crippen molar-refractivity contribution >= 4 is 35.4 Å². The van der Waals surface area contributed by atoms with Crippen molar-refractivity contribution in [2.24, 2.45) is 12.2 Å². The Kier molecular flexibility index (Phi) is 4.36. The third-order valence-corrected chi connectivity index (χ3v) is 3.15. The summed E-state index contributed by atoms with van der Waals surface area (Å²) < 4.78 is 1.50. The Hall–Kier alpha value is -1.92. The molecule has 0 saturated carbocycles. The lowest BCUT2D eigenvalue weighted by atomic mass is 10.3. The second-order valence-corrected chi connectivity index (χ2v) is 4.64. The number of oxime groups is 1. The molecular weight excluding hydrogens is 303 g/mol. The van der Waals surface area contributed by atoms with Gasteiger partial charge >= 0.3 is 5.97 Å². The number of aryl methyl sites for hydroxylation is 2. The molecule has 0 fully saturated rings. The van der Waals surface area contributed by atoms with E-state index in [1.165, 1.54) is 29.2 Å². The number of rotatable bonds is 3. The van der Waals surface area contributed by atoms with Crippen LogP contribution in [0.1, 0.15) is 21.6 Å². The molecule has 0 saturated heterocycles. The van der Waals surface area contributed by atoms with Crippen LogP contribution in [0.5, 0.6) is 0 Å². The van der Waals surface area contributed by atoms with Gasteiger partial charge in [0.1, 0.15) is 10.3 Å². The predicted octanol–water partition coefficient (Wildman–Crippen LogP) is 2.62. The minimum atomic E-state index is -0.636. The number of hydrogen-bond acceptors (Lipinski definition) is 5. The molecule has 0 aliphatic rings. The third-order valence-electron chi connectivity index (χ3n) is 2.48.